The Morgan fingerprint density at radius 1 is 0.940 bits per heavy atom. The maximum atomic E-state index is 14.1. The summed E-state index contributed by atoms with van der Waals surface area (Å²) >= 11 is 14.3. The summed E-state index contributed by atoms with van der Waals surface area (Å²) in [5.41, 5.74) is -0.120. The number of aryl methyl sites for hydroxylation is 2. The van der Waals surface area contributed by atoms with E-state index in [1.165, 1.54) is 54.4 Å². The Kier molecular flexibility index (Phi) is 7.71. The first-order valence-corrected chi connectivity index (χ1v) is 16.3. The maximum absolute atomic E-state index is 14.1. The van der Waals surface area contributed by atoms with Gasteiger partial charge in [0.1, 0.15) is 17.2 Å². The van der Waals surface area contributed by atoms with E-state index in [0.717, 1.165) is 9.47 Å². The SMILES string of the molecule is COc1ccc([C@H]2C3=CCn4c(=O)n(CCc5nc6cc(OC)c(OC)cc6n(C)c5=O)c(=O)n4[C@@H]3C[C@@]3(Cl)C(=O)N(C)C(=O)[C@@]23Cl)c(O)c1. The average molecular weight is 728 g/mol. The van der Waals surface area contributed by atoms with Gasteiger partial charge in [0.2, 0.25) is 0 Å². The van der Waals surface area contributed by atoms with Crippen LogP contribution >= 0.6 is 23.2 Å². The van der Waals surface area contributed by atoms with Gasteiger partial charge in [0, 0.05) is 63.2 Å². The molecule has 0 bridgehead atoms. The number of hydrogen-bond donors (Lipinski definition) is 1. The molecule has 50 heavy (non-hydrogen) atoms. The zero-order valence-corrected chi connectivity index (χ0v) is 29.1. The first-order valence-electron chi connectivity index (χ1n) is 15.5. The number of hydrogen-bond acceptors (Lipinski definition) is 10. The van der Waals surface area contributed by atoms with E-state index in [4.69, 9.17) is 37.4 Å². The molecule has 1 saturated carbocycles. The second-order valence-electron chi connectivity index (χ2n) is 12.5. The van der Waals surface area contributed by atoms with Crippen LogP contribution in [0.1, 0.15) is 29.6 Å². The number of carbonyl (C=O) groups is 2. The number of benzene rings is 2. The van der Waals surface area contributed by atoms with Crippen molar-refractivity contribution in [2.45, 2.75) is 47.6 Å². The molecule has 1 saturated heterocycles. The number of carbonyl (C=O) groups excluding carboxylic acids is 2. The number of fused-ring (bicyclic) bond motifs is 5. The van der Waals surface area contributed by atoms with Crippen LogP contribution < -0.4 is 31.1 Å². The van der Waals surface area contributed by atoms with Crippen LogP contribution in [0, 0.1) is 0 Å². The first kappa shape index (κ1) is 33.5. The Bertz CT molecular complexity index is 2360. The highest BCUT2D eigenvalue weighted by atomic mass is 35.5. The molecule has 1 N–H and O–H groups in total. The fourth-order valence-corrected chi connectivity index (χ4v) is 8.57. The molecule has 4 heterocycles. The topological polar surface area (TPSA) is 169 Å². The minimum Gasteiger partial charge on any atom is -0.508 e. The molecule has 3 aliphatic rings. The van der Waals surface area contributed by atoms with E-state index in [-0.39, 0.29) is 42.9 Å². The second kappa shape index (κ2) is 11.5. The third-order valence-corrected chi connectivity index (χ3v) is 11.5. The van der Waals surface area contributed by atoms with Gasteiger partial charge in [0.05, 0.1) is 44.9 Å². The van der Waals surface area contributed by atoms with Gasteiger partial charge in [0.25, 0.3) is 17.4 Å². The number of ether oxygens (including phenoxy) is 3. The molecule has 0 radical (unpaired) electrons. The molecule has 4 atom stereocenters. The van der Waals surface area contributed by atoms with Crippen molar-refractivity contribution in [1.82, 2.24) is 28.4 Å². The Hall–Kier alpha value is -5.02. The van der Waals surface area contributed by atoms with Crippen molar-refractivity contribution in [2.75, 3.05) is 28.4 Å². The third kappa shape index (κ3) is 4.35. The van der Waals surface area contributed by atoms with Crippen LogP contribution in [0.3, 0.4) is 0 Å². The number of likely N-dealkylation sites (tertiary alicyclic amines) is 1. The minimum absolute atomic E-state index is 0.0641. The van der Waals surface area contributed by atoms with Crippen molar-refractivity contribution in [3.63, 3.8) is 0 Å². The van der Waals surface area contributed by atoms with Gasteiger partial charge >= 0.3 is 11.4 Å². The molecule has 7 rings (SSSR count). The minimum atomic E-state index is -2.07. The van der Waals surface area contributed by atoms with E-state index in [1.807, 2.05) is 0 Å². The molecular formula is C33H32Cl2N6O9. The predicted molar refractivity (Wildman–Crippen MR) is 181 cm³/mol. The lowest BCUT2D eigenvalue weighted by atomic mass is 9.64. The van der Waals surface area contributed by atoms with Crippen LogP contribution in [0.2, 0.25) is 0 Å². The summed E-state index contributed by atoms with van der Waals surface area (Å²) in [6, 6.07) is 6.71. The van der Waals surface area contributed by atoms with E-state index < -0.39 is 50.5 Å². The van der Waals surface area contributed by atoms with E-state index in [0.29, 0.717) is 33.9 Å². The van der Waals surface area contributed by atoms with Gasteiger partial charge in [-0.1, -0.05) is 12.1 Å². The fraction of sp³-hybridized carbons (Fsp3) is 0.394. The van der Waals surface area contributed by atoms with Crippen molar-refractivity contribution in [1.29, 1.82) is 0 Å². The first-order chi connectivity index (χ1) is 23.7. The summed E-state index contributed by atoms with van der Waals surface area (Å²) in [6.07, 6.45) is 1.31. The quantitative estimate of drug-likeness (QED) is 0.168. The van der Waals surface area contributed by atoms with E-state index >= 15 is 0 Å². The number of nitrogens with zero attached hydrogens (tertiary/aromatic N) is 6. The largest absolute Gasteiger partial charge is 0.508 e. The highest BCUT2D eigenvalue weighted by molar-refractivity contribution is 6.53. The maximum Gasteiger partial charge on any atom is 0.347 e. The van der Waals surface area contributed by atoms with Crippen LogP contribution in [0.5, 0.6) is 23.0 Å². The van der Waals surface area contributed by atoms with Crippen LogP contribution in [-0.2, 0) is 36.1 Å². The van der Waals surface area contributed by atoms with Gasteiger partial charge in [-0.3, -0.25) is 19.3 Å². The Labute approximate surface area is 293 Å². The molecule has 2 fully saturated rings. The highest BCUT2D eigenvalue weighted by Gasteiger charge is 2.75. The zero-order valence-electron chi connectivity index (χ0n) is 27.6. The van der Waals surface area contributed by atoms with Crippen molar-refractivity contribution < 1.29 is 28.9 Å². The van der Waals surface area contributed by atoms with Gasteiger partial charge < -0.3 is 23.9 Å². The normalized spacial score (nSPS) is 24.1. The van der Waals surface area contributed by atoms with E-state index in [2.05, 4.69) is 4.98 Å². The Morgan fingerprint density at radius 2 is 1.64 bits per heavy atom. The molecule has 15 nitrogen and oxygen atoms in total. The monoisotopic (exact) mass is 726 g/mol. The molecule has 2 aromatic carbocycles. The zero-order chi connectivity index (χ0) is 36.0. The molecule has 262 valence electrons. The number of aromatic hydroxyl groups is 1. The number of methoxy groups -OCH3 is 3. The summed E-state index contributed by atoms with van der Waals surface area (Å²) in [4.78, 5) is 69.9. The summed E-state index contributed by atoms with van der Waals surface area (Å²) in [7, 11) is 7.24. The Balaban J connectivity index is 1.31. The van der Waals surface area contributed by atoms with Crippen LogP contribution in [0.25, 0.3) is 11.0 Å². The molecule has 2 aromatic heterocycles. The molecule has 17 heteroatoms. The molecule has 1 aliphatic carbocycles. The smallest absolute Gasteiger partial charge is 0.347 e. The predicted octanol–water partition coefficient (Wildman–Crippen LogP) is 1.65. The van der Waals surface area contributed by atoms with Crippen molar-refractivity contribution in [3.8, 4) is 23.0 Å². The van der Waals surface area contributed by atoms with Gasteiger partial charge in [-0.25, -0.2) is 28.5 Å². The summed E-state index contributed by atoms with van der Waals surface area (Å²) in [5, 5.41) is 11.1. The lowest BCUT2D eigenvalue weighted by molar-refractivity contribution is -0.137. The standard InChI is InChI=1S/C33H32Cl2N6O9/c1-37-21-14-25(50-5)24(49-4)13-20(21)36-19(27(37)43)9-10-39-30(46)40-11-8-17-22(41(40)31(39)47)15-32(34)28(44)38(2)29(45)33(32,35)26(17)18-7-6-16(48-3)12-23(18)42/h6-8,12-14,22,26,42H,9-11,15H2,1-5H3/t22-,26-,32-,33+/m1/s1. The number of phenolic OH excluding ortho intramolecular Hbond substituents is 1. The van der Waals surface area contributed by atoms with Gasteiger partial charge in [-0.15, -0.1) is 23.2 Å². The third-order valence-electron chi connectivity index (χ3n) is 10.1. The van der Waals surface area contributed by atoms with Gasteiger partial charge in [0.15, 0.2) is 21.2 Å². The van der Waals surface area contributed by atoms with E-state index in [9.17, 15) is 29.1 Å². The van der Waals surface area contributed by atoms with Crippen molar-refractivity contribution >= 4 is 46.0 Å². The number of allylic oxidation sites excluding steroid dienone is 2. The number of rotatable bonds is 7. The highest BCUT2D eigenvalue weighted by Crippen LogP contribution is 2.64. The van der Waals surface area contributed by atoms with Crippen molar-refractivity contribution in [3.05, 3.63) is 84.6 Å². The summed E-state index contributed by atoms with van der Waals surface area (Å²) in [6.45, 7) is -0.278. The number of amides is 2. The second-order valence-corrected chi connectivity index (χ2v) is 13.7. The summed E-state index contributed by atoms with van der Waals surface area (Å²) in [5.74, 6) is -1.80. The lowest BCUT2D eigenvalue weighted by Crippen LogP contribution is -2.59. The lowest BCUT2D eigenvalue weighted by Gasteiger charge is -2.49. The number of alkyl halides is 2. The van der Waals surface area contributed by atoms with Gasteiger partial charge in [-0.2, -0.15) is 0 Å². The molecule has 0 unspecified atom stereocenters. The number of imide groups is 1. The average Bonchev–Trinajstić information content (AvgIpc) is 3.42. The molecular weight excluding hydrogens is 695 g/mol. The number of halogens is 2. The fourth-order valence-electron chi connectivity index (χ4n) is 7.58. The number of phenols is 1. The van der Waals surface area contributed by atoms with Crippen LogP contribution in [-0.4, -0.2) is 83.4 Å². The Morgan fingerprint density at radius 3 is 2.30 bits per heavy atom. The molecule has 2 amide bonds. The van der Waals surface area contributed by atoms with Crippen molar-refractivity contribution in [2.24, 2.45) is 7.05 Å². The summed E-state index contributed by atoms with van der Waals surface area (Å²) < 4.78 is 20.8. The molecule has 4 aromatic rings. The van der Waals surface area contributed by atoms with Crippen LogP contribution in [0.4, 0.5) is 0 Å². The van der Waals surface area contributed by atoms with E-state index in [1.54, 1.807) is 31.3 Å². The number of aromatic nitrogens is 5. The molecule has 2 aliphatic heterocycles. The van der Waals surface area contributed by atoms with Crippen LogP contribution in [0.15, 0.2) is 56.4 Å². The van der Waals surface area contributed by atoms with Gasteiger partial charge in [-0.05, 0) is 11.6 Å². The molecule has 0 spiro atoms.